The van der Waals surface area contributed by atoms with Crippen molar-refractivity contribution in [2.24, 2.45) is 22.2 Å². The molecule has 0 radical (unpaired) electrons. The maximum atomic E-state index is 12.5. The molecule has 25 heavy (non-hydrogen) atoms. The van der Waals surface area contributed by atoms with Gasteiger partial charge in [-0.15, -0.1) is 0 Å². The lowest BCUT2D eigenvalue weighted by Crippen LogP contribution is -2.55. The monoisotopic (exact) mass is 341 g/mol. The molecule has 0 N–H and O–H groups in total. The highest BCUT2D eigenvalue weighted by atomic mass is 16.5. The molecule has 1 heterocycles. The number of hydrogen-bond acceptors (Lipinski definition) is 7. The second-order valence-electron chi connectivity index (χ2n) is 6.47. The number of carbonyl (C=O) groups is 2. The van der Waals surface area contributed by atoms with Crippen LogP contribution in [0.5, 0.6) is 0 Å². The predicted octanol–water partition coefficient (Wildman–Crippen LogP) is 2.29. The van der Waals surface area contributed by atoms with E-state index in [2.05, 4.69) is 10.3 Å². The lowest BCUT2D eigenvalue weighted by molar-refractivity contribution is -0.141. The van der Waals surface area contributed by atoms with Gasteiger partial charge < -0.3 is 9.47 Å². The Bertz CT molecular complexity index is 774. The maximum Gasteiger partial charge on any atom is 0.334 e. The number of esters is 2. The number of ether oxygens (including phenoxy) is 2. The number of carbonyl (C=O) groups excluding carboxylic acids is 2. The van der Waals surface area contributed by atoms with E-state index in [0.29, 0.717) is 11.1 Å². The summed E-state index contributed by atoms with van der Waals surface area (Å²) in [7, 11) is 2.67. The van der Waals surface area contributed by atoms with Crippen molar-refractivity contribution in [3.05, 3.63) is 41.5 Å². The molecule has 0 spiro atoms. The van der Waals surface area contributed by atoms with Crippen molar-refractivity contribution >= 4 is 17.6 Å². The molecular formula is C18H19N3O4. The molecule has 1 saturated carbocycles. The van der Waals surface area contributed by atoms with Crippen LogP contribution in [0.4, 0.5) is 5.69 Å². The molecule has 1 aliphatic heterocycles. The van der Waals surface area contributed by atoms with Crippen LogP contribution in [-0.4, -0.2) is 38.2 Å². The van der Waals surface area contributed by atoms with Crippen LogP contribution in [0.3, 0.4) is 0 Å². The Kier molecular flexibility index (Phi) is 3.78. The first-order chi connectivity index (χ1) is 12.2. The quantitative estimate of drug-likeness (QED) is 0.788. The predicted molar refractivity (Wildman–Crippen MR) is 88.6 cm³/mol. The molecule has 7 heteroatoms. The van der Waals surface area contributed by atoms with Gasteiger partial charge >= 0.3 is 11.9 Å². The third-order valence-electron chi connectivity index (χ3n) is 5.39. The summed E-state index contributed by atoms with van der Waals surface area (Å²) in [6.45, 7) is 0. The van der Waals surface area contributed by atoms with Gasteiger partial charge in [-0.05, 0) is 25.0 Å². The van der Waals surface area contributed by atoms with Gasteiger partial charge in [0, 0.05) is 11.8 Å². The van der Waals surface area contributed by atoms with Crippen molar-refractivity contribution in [1.29, 1.82) is 0 Å². The van der Waals surface area contributed by atoms with Crippen LogP contribution in [0.15, 0.2) is 51.8 Å². The van der Waals surface area contributed by atoms with Crippen molar-refractivity contribution in [3.8, 4) is 0 Å². The number of rotatable bonds is 3. The first kappa shape index (κ1) is 15.8. The van der Waals surface area contributed by atoms with Gasteiger partial charge in [0.15, 0.2) is 0 Å². The Hall–Kier alpha value is -2.70. The number of para-hydroxylation sites is 1. The van der Waals surface area contributed by atoms with Gasteiger partial charge in [0.05, 0.1) is 37.1 Å². The van der Waals surface area contributed by atoms with Crippen LogP contribution < -0.4 is 5.01 Å². The summed E-state index contributed by atoms with van der Waals surface area (Å²) in [5.74, 6) is -1.27. The normalized spacial score (nSPS) is 29.6. The molecular weight excluding hydrogens is 322 g/mol. The molecule has 1 fully saturated rings. The summed E-state index contributed by atoms with van der Waals surface area (Å²) in [5, 5.41) is 10.7. The number of benzene rings is 1. The van der Waals surface area contributed by atoms with Crippen LogP contribution in [0.1, 0.15) is 12.8 Å². The molecule has 4 aliphatic rings. The molecule has 4 atom stereocenters. The van der Waals surface area contributed by atoms with Crippen LogP contribution in [-0.2, 0) is 19.1 Å². The minimum atomic E-state index is -0.470. The van der Waals surface area contributed by atoms with Crippen molar-refractivity contribution in [2.45, 2.75) is 24.9 Å². The standard InChI is InChI=1S/C18H19N3O4/c1-24-17(22)13-11-8-9-12(14(13)18(23)25-2)16-15(11)19-20-21(16)10-6-4-3-5-7-10/h3-7,11-12,15-16H,8-9H2,1-2H3. The minimum Gasteiger partial charge on any atom is -0.466 e. The van der Waals surface area contributed by atoms with Crippen LogP contribution in [0.2, 0.25) is 0 Å². The van der Waals surface area contributed by atoms with Gasteiger partial charge in [0.2, 0.25) is 0 Å². The largest absolute Gasteiger partial charge is 0.466 e. The fourth-order valence-electron chi connectivity index (χ4n) is 4.39. The SMILES string of the molecule is COC(=O)C1=C(C(=O)OC)C2CCC1C1N=NN(c3ccccc3)C21. The number of methoxy groups -OCH3 is 2. The number of hydrogen-bond donors (Lipinski definition) is 0. The van der Waals surface area contributed by atoms with Crippen LogP contribution >= 0.6 is 0 Å². The Morgan fingerprint density at radius 3 is 2.24 bits per heavy atom. The topological polar surface area (TPSA) is 80.6 Å². The van der Waals surface area contributed by atoms with E-state index in [4.69, 9.17) is 9.47 Å². The minimum absolute atomic E-state index is 0.0799. The van der Waals surface area contributed by atoms with Gasteiger partial charge in [0.25, 0.3) is 0 Å². The zero-order chi connectivity index (χ0) is 17.6. The first-order valence-electron chi connectivity index (χ1n) is 8.33. The number of fused-ring (bicyclic) bond motifs is 1. The van der Waals surface area contributed by atoms with Gasteiger partial charge in [-0.3, -0.25) is 0 Å². The first-order valence-corrected chi connectivity index (χ1v) is 8.33. The van der Waals surface area contributed by atoms with Crippen molar-refractivity contribution in [3.63, 3.8) is 0 Å². The summed E-state index contributed by atoms with van der Waals surface area (Å²) in [4.78, 5) is 24.8. The van der Waals surface area contributed by atoms with E-state index in [1.807, 2.05) is 35.3 Å². The van der Waals surface area contributed by atoms with Crippen molar-refractivity contribution in [2.75, 3.05) is 19.2 Å². The van der Waals surface area contributed by atoms with Gasteiger partial charge in [-0.25, -0.2) is 14.6 Å². The zero-order valence-electron chi connectivity index (χ0n) is 14.1. The van der Waals surface area contributed by atoms with E-state index in [1.54, 1.807) is 0 Å². The molecule has 7 nitrogen and oxygen atoms in total. The van der Waals surface area contributed by atoms with Gasteiger partial charge in [0.1, 0.15) is 6.04 Å². The summed E-state index contributed by atoms with van der Waals surface area (Å²) in [6.07, 6.45) is 1.59. The zero-order valence-corrected chi connectivity index (χ0v) is 14.1. The molecule has 130 valence electrons. The van der Waals surface area contributed by atoms with E-state index in [0.717, 1.165) is 18.5 Å². The smallest absolute Gasteiger partial charge is 0.334 e. The average molecular weight is 341 g/mol. The highest BCUT2D eigenvalue weighted by Gasteiger charge is 2.57. The van der Waals surface area contributed by atoms with E-state index in [1.165, 1.54) is 14.2 Å². The Balaban J connectivity index is 1.80. The Morgan fingerprint density at radius 2 is 1.60 bits per heavy atom. The summed E-state index contributed by atoms with van der Waals surface area (Å²) in [6, 6.07) is 9.52. The summed E-state index contributed by atoms with van der Waals surface area (Å²) in [5.41, 5.74) is 1.77. The molecule has 5 rings (SSSR count). The number of nitrogens with zero attached hydrogens (tertiary/aromatic N) is 3. The van der Waals surface area contributed by atoms with Crippen LogP contribution in [0, 0.1) is 11.8 Å². The second-order valence-corrected chi connectivity index (χ2v) is 6.47. The molecule has 4 unspecified atom stereocenters. The van der Waals surface area contributed by atoms with E-state index in [9.17, 15) is 9.59 Å². The fourth-order valence-corrected chi connectivity index (χ4v) is 4.39. The van der Waals surface area contributed by atoms with Gasteiger partial charge in [-0.1, -0.05) is 23.4 Å². The summed E-state index contributed by atoms with van der Waals surface area (Å²) >= 11 is 0. The fraction of sp³-hybridized carbons (Fsp3) is 0.444. The lowest BCUT2D eigenvalue weighted by Gasteiger charge is -2.46. The van der Waals surface area contributed by atoms with Gasteiger partial charge in [-0.2, -0.15) is 5.11 Å². The molecule has 3 aliphatic carbocycles. The number of anilines is 1. The Morgan fingerprint density at radius 1 is 1.00 bits per heavy atom. The van der Waals surface area contributed by atoms with E-state index >= 15 is 0 Å². The molecule has 1 aromatic rings. The molecule has 1 aromatic carbocycles. The Labute approximate surface area is 145 Å². The third-order valence-corrected chi connectivity index (χ3v) is 5.39. The highest BCUT2D eigenvalue weighted by Crippen LogP contribution is 2.52. The molecule has 0 amide bonds. The van der Waals surface area contributed by atoms with E-state index in [-0.39, 0.29) is 23.9 Å². The maximum absolute atomic E-state index is 12.5. The van der Waals surface area contributed by atoms with Crippen LogP contribution in [0.25, 0.3) is 0 Å². The lowest BCUT2D eigenvalue weighted by atomic mass is 9.61. The average Bonchev–Trinajstić information content (AvgIpc) is 3.14. The van der Waals surface area contributed by atoms with E-state index < -0.39 is 11.9 Å². The third kappa shape index (κ3) is 2.26. The van der Waals surface area contributed by atoms with Crippen molar-refractivity contribution < 1.29 is 19.1 Å². The molecule has 2 bridgehead atoms. The molecule has 0 saturated heterocycles. The summed E-state index contributed by atoms with van der Waals surface area (Å²) < 4.78 is 9.91. The van der Waals surface area contributed by atoms with Crippen molar-refractivity contribution in [1.82, 2.24) is 0 Å². The molecule has 0 aromatic heterocycles. The highest BCUT2D eigenvalue weighted by molar-refractivity contribution is 6.02. The second kappa shape index (κ2) is 5.98.